The highest BCUT2D eigenvalue weighted by molar-refractivity contribution is 5.78. The van der Waals surface area contributed by atoms with E-state index in [0.29, 0.717) is 13.1 Å². The molecule has 23 heavy (non-hydrogen) atoms. The summed E-state index contributed by atoms with van der Waals surface area (Å²) >= 11 is 0. The monoisotopic (exact) mass is 328 g/mol. The maximum absolute atomic E-state index is 12.5. The Morgan fingerprint density at radius 2 is 1.65 bits per heavy atom. The van der Waals surface area contributed by atoms with Crippen molar-refractivity contribution in [2.24, 2.45) is 0 Å². The first-order valence-corrected chi connectivity index (χ1v) is 7.99. The summed E-state index contributed by atoms with van der Waals surface area (Å²) in [5, 5.41) is 0. The van der Waals surface area contributed by atoms with Gasteiger partial charge in [0.1, 0.15) is 0 Å². The predicted octanol–water partition coefficient (Wildman–Crippen LogP) is 3.54. The van der Waals surface area contributed by atoms with E-state index in [-0.39, 0.29) is 5.91 Å². The van der Waals surface area contributed by atoms with Crippen LogP contribution in [0.25, 0.3) is 0 Å². The average Bonchev–Trinajstić information content (AvgIpc) is 2.75. The van der Waals surface area contributed by atoms with Crippen LogP contribution in [-0.4, -0.2) is 42.4 Å². The van der Waals surface area contributed by atoms with Gasteiger partial charge in [0.2, 0.25) is 5.91 Å². The number of alkyl halides is 3. The molecule has 2 rings (SSSR count). The Labute approximate surface area is 135 Å². The highest BCUT2D eigenvalue weighted by atomic mass is 19.4. The third-order valence-corrected chi connectivity index (χ3v) is 4.10. The molecule has 0 N–H and O–H groups in total. The minimum absolute atomic E-state index is 0.0984. The minimum Gasteiger partial charge on any atom is -0.342 e. The molecule has 6 heteroatoms. The maximum atomic E-state index is 12.5. The third kappa shape index (κ3) is 5.53. The molecule has 0 spiro atoms. The van der Waals surface area contributed by atoms with Crippen LogP contribution in [0.2, 0.25) is 0 Å². The number of hydrogen-bond donors (Lipinski definition) is 0. The van der Waals surface area contributed by atoms with Crippen LogP contribution >= 0.6 is 0 Å². The number of likely N-dealkylation sites (N-methyl/N-ethyl adjacent to an activating group) is 1. The third-order valence-electron chi connectivity index (χ3n) is 4.10. The SMILES string of the molecule is CN(CC(=O)N1CCCCCC1)Cc1ccc(C(F)(F)F)cc1. The lowest BCUT2D eigenvalue weighted by atomic mass is 10.1. The number of carbonyl (C=O) groups is 1. The fourth-order valence-electron chi connectivity index (χ4n) is 2.82. The molecule has 0 aliphatic carbocycles. The van der Waals surface area contributed by atoms with E-state index in [9.17, 15) is 18.0 Å². The quantitative estimate of drug-likeness (QED) is 0.844. The van der Waals surface area contributed by atoms with Gasteiger partial charge in [0, 0.05) is 19.6 Å². The summed E-state index contributed by atoms with van der Waals surface area (Å²) in [4.78, 5) is 16.0. The molecule has 0 bridgehead atoms. The molecule has 0 aromatic heterocycles. The maximum Gasteiger partial charge on any atom is 0.416 e. The van der Waals surface area contributed by atoms with Crippen molar-refractivity contribution < 1.29 is 18.0 Å². The fourth-order valence-corrected chi connectivity index (χ4v) is 2.82. The lowest BCUT2D eigenvalue weighted by molar-refractivity contribution is -0.137. The van der Waals surface area contributed by atoms with Crippen LogP contribution in [0.15, 0.2) is 24.3 Å². The first-order chi connectivity index (χ1) is 10.9. The van der Waals surface area contributed by atoms with Gasteiger partial charge in [0.05, 0.1) is 12.1 Å². The molecule has 0 atom stereocenters. The molecular weight excluding hydrogens is 305 g/mol. The van der Waals surface area contributed by atoms with E-state index in [1.807, 2.05) is 16.8 Å². The van der Waals surface area contributed by atoms with Crippen molar-refractivity contribution in [2.45, 2.75) is 38.4 Å². The van der Waals surface area contributed by atoms with E-state index in [0.717, 1.165) is 43.6 Å². The molecular formula is C17H23F3N2O. The number of hydrogen-bond acceptors (Lipinski definition) is 2. The minimum atomic E-state index is -4.31. The van der Waals surface area contributed by atoms with Gasteiger partial charge >= 0.3 is 6.18 Å². The summed E-state index contributed by atoms with van der Waals surface area (Å²) in [6.45, 7) is 2.37. The van der Waals surface area contributed by atoms with Gasteiger partial charge in [-0.2, -0.15) is 13.2 Å². The Morgan fingerprint density at radius 3 is 2.17 bits per heavy atom. The van der Waals surface area contributed by atoms with E-state index in [2.05, 4.69) is 0 Å². The average molecular weight is 328 g/mol. The molecule has 1 aromatic rings. The molecule has 128 valence electrons. The molecule has 1 heterocycles. The Hall–Kier alpha value is -1.56. The summed E-state index contributed by atoms with van der Waals surface area (Å²) in [6.07, 6.45) is 0.131. The highest BCUT2D eigenvalue weighted by Gasteiger charge is 2.30. The largest absolute Gasteiger partial charge is 0.416 e. The molecule has 1 aliphatic heterocycles. The van der Waals surface area contributed by atoms with Crippen LogP contribution in [0.5, 0.6) is 0 Å². The smallest absolute Gasteiger partial charge is 0.342 e. The molecule has 1 aromatic carbocycles. The van der Waals surface area contributed by atoms with Gasteiger partial charge in [0.15, 0.2) is 0 Å². The molecule has 3 nitrogen and oxygen atoms in total. The van der Waals surface area contributed by atoms with E-state index in [4.69, 9.17) is 0 Å². The van der Waals surface area contributed by atoms with Crippen molar-refractivity contribution in [3.63, 3.8) is 0 Å². The van der Waals surface area contributed by atoms with Crippen molar-refractivity contribution in [1.82, 2.24) is 9.80 Å². The standard InChI is InChI=1S/C17H23F3N2O/c1-21(13-16(23)22-10-4-2-3-5-11-22)12-14-6-8-15(9-7-14)17(18,19)20/h6-9H,2-5,10-13H2,1H3. The number of rotatable bonds is 4. The molecule has 0 unspecified atom stereocenters. The van der Waals surface area contributed by atoms with Gasteiger partial charge in [0.25, 0.3) is 0 Å². The van der Waals surface area contributed by atoms with Crippen molar-refractivity contribution in [3.05, 3.63) is 35.4 Å². The van der Waals surface area contributed by atoms with Gasteiger partial charge in [-0.05, 0) is 37.6 Å². The van der Waals surface area contributed by atoms with Gasteiger partial charge in [-0.15, -0.1) is 0 Å². The molecule has 1 amide bonds. The van der Waals surface area contributed by atoms with E-state index in [1.165, 1.54) is 25.0 Å². The molecule has 1 aliphatic rings. The lowest BCUT2D eigenvalue weighted by Crippen LogP contribution is -2.39. The number of nitrogens with zero attached hydrogens (tertiary/aromatic N) is 2. The van der Waals surface area contributed by atoms with Crippen LogP contribution in [0.4, 0.5) is 13.2 Å². The van der Waals surface area contributed by atoms with Crippen LogP contribution in [0.3, 0.4) is 0 Å². The Bertz CT molecular complexity index is 506. The van der Waals surface area contributed by atoms with Crippen LogP contribution in [0, 0.1) is 0 Å². The number of likely N-dealkylation sites (tertiary alicyclic amines) is 1. The number of benzene rings is 1. The predicted molar refractivity (Wildman–Crippen MR) is 82.8 cm³/mol. The zero-order chi connectivity index (χ0) is 16.9. The summed E-state index contributed by atoms with van der Waals surface area (Å²) in [5.41, 5.74) is 0.119. The van der Waals surface area contributed by atoms with Crippen LogP contribution < -0.4 is 0 Å². The van der Waals surface area contributed by atoms with Crippen LogP contribution in [0.1, 0.15) is 36.8 Å². The Morgan fingerprint density at radius 1 is 1.09 bits per heavy atom. The van der Waals surface area contributed by atoms with E-state index in [1.54, 1.807) is 0 Å². The van der Waals surface area contributed by atoms with Crippen molar-refractivity contribution >= 4 is 5.91 Å². The van der Waals surface area contributed by atoms with Gasteiger partial charge in [-0.3, -0.25) is 9.69 Å². The lowest BCUT2D eigenvalue weighted by Gasteiger charge is -2.24. The summed E-state index contributed by atoms with van der Waals surface area (Å²) in [6, 6.07) is 5.10. The second kappa shape index (κ2) is 7.81. The number of carbonyl (C=O) groups excluding carboxylic acids is 1. The van der Waals surface area contributed by atoms with Gasteiger partial charge in [-0.25, -0.2) is 0 Å². The van der Waals surface area contributed by atoms with Crippen molar-refractivity contribution in [2.75, 3.05) is 26.7 Å². The van der Waals surface area contributed by atoms with Gasteiger partial charge < -0.3 is 4.90 Å². The zero-order valence-corrected chi connectivity index (χ0v) is 13.4. The first kappa shape index (κ1) is 17.8. The zero-order valence-electron chi connectivity index (χ0n) is 13.4. The second-order valence-corrected chi connectivity index (χ2v) is 6.16. The van der Waals surface area contributed by atoms with Crippen LogP contribution in [-0.2, 0) is 17.5 Å². The van der Waals surface area contributed by atoms with E-state index >= 15 is 0 Å². The normalized spacial score (nSPS) is 16.5. The first-order valence-electron chi connectivity index (χ1n) is 7.99. The number of amides is 1. The summed E-state index contributed by atoms with van der Waals surface area (Å²) in [5.74, 6) is 0.0984. The molecule has 0 saturated carbocycles. The van der Waals surface area contributed by atoms with Gasteiger partial charge in [-0.1, -0.05) is 25.0 Å². The molecule has 1 fully saturated rings. The molecule has 0 radical (unpaired) electrons. The Kier molecular flexibility index (Phi) is 6.04. The molecule has 1 saturated heterocycles. The number of halogens is 3. The fraction of sp³-hybridized carbons (Fsp3) is 0.588. The second-order valence-electron chi connectivity index (χ2n) is 6.16. The Balaban J connectivity index is 1.86. The van der Waals surface area contributed by atoms with Crippen molar-refractivity contribution in [1.29, 1.82) is 0 Å². The topological polar surface area (TPSA) is 23.6 Å². The van der Waals surface area contributed by atoms with Crippen molar-refractivity contribution in [3.8, 4) is 0 Å². The highest BCUT2D eigenvalue weighted by Crippen LogP contribution is 2.29. The van der Waals surface area contributed by atoms with E-state index < -0.39 is 11.7 Å². The summed E-state index contributed by atoms with van der Waals surface area (Å²) in [7, 11) is 1.81. The summed E-state index contributed by atoms with van der Waals surface area (Å²) < 4.78 is 37.6.